The van der Waals surface area contributed by atoms with Gasteiger partial charge in [-0.25, -0.2) is 0 Å². The third kappa shape index (κ3) is 3.98. The van der Waals surface area contributed by atoms with E-state index < -0.39 is 5.54 Å². The van der Waals surface area contributed by atoms with Gasteiger partial charge < -0.3 is 16.8 Å². The van der Waals surface area contributed by atoms with Crippen molar-refractivity contribution in [2.24, 2.45) is 17.4 Å². The van der Waals surface area contributed by atoms with Gasteiger partial charge in [-0.15, -0.1) is 0 Å². The second-order valence-electron chi connectivity index (χ2n) is 5.60. The number of carbonyl (C=O) groups excluding carboxylic acids is 2. The Kier molecular flexibility index (Phi) is 5.14. The Hall–Kier alpha value is -1.10. The molecule has 3 unspecified atom stereocenters. The SMILES string of the molecule is CCCC(C)(N)C(=O)NC1CCCC(C(N)=O)C1. The summed E-state index contributed by atoms with van der Waals surface area (Å²) in [6.07, 6.45) is 4.82. The molecule has 0 aromatic heterocycles. The number of rotatable bonds is 5. The summed E-state index contributed by atoms with van der Waals surface area (Å²) in [7, 11) is 0. The number of nitrogens with one attached hydrogen (secondary N) is 1. The third-order valence-electron chi connectivity index (χ3n) is 3.70. The van der Waals surface area contributed by atoms with E-state index in [0.717, 1.165) is 25.7 Å². The molecule has 3 atom stereocenters. The fourth-order valence-corrected chi connectivity index (χ4v) is 2.56. The molecular weight excluding hydrogens is 230 g/mol. The molecule has 18 heavy (non-hydrogen) atoms. The Bertz CT molecular complexity index is 315. The van der Waals surface area contributed by atoms with Gasteiger partial charge in [0, 0.05) is 12.0 Å². The second kappa shape index (κ2) is 6.18. The molecular formula is C13H25N3O2. The van der Waals surface area contributed by atoms with Crippen molar-refractivity contribution in [2.75, 3.05) is 0 Å². The molecule has 0 aliphatic heterocycles. The van der Waals surface area contributed by atoms with Gasteiger partial charge in [-0.3, -0.25) is 9.59 Å². The van der Waals surface area contributed by atoms with Crippen LogP contribution in [0.1, 0.15) is 52.4 Å². The lowest BCUT2D eigenvalue weighted by atomic mass is 9.84. The highest BCUT2D eigenvalue weighted by atomic mass is 16.2. The van der Waals surface area contributed by atoms with Crippen LogP contribution in [0.2, 0.25) is 0 Å². The zero-order valence-electron chi connectivity index (χ0n) is 11.4. The summed E-state index contributed by atoms with van der Waals surface area (Å²) >= 11 is 0. The van der Waals surface area contributed by atoms with Crippen LogP contribution in [0.3, 0.4) is 0 Å². The van der Waals surface area contributed by atoms with Crippen molar-refractivity contribution in [1.29, 1.82) is 0 Å². The lowest BCUT2D eigenvalue weighted by molar-refractivity contribution is -0.128. The van der Waals surface area contributed by atoms with Crippen molar-refractivity contribution in [2.45, 2.75) is 64.0 Å². The van der Waals surface area contributed by atoms with Gasteiger partial charge in [-0.2, -0.15) is 0 Å². The maximum absolute atomic E-state index is 12.0. The average Bonchev–Trinajstić information content (AvgIpc) is 2.29. The van der Waals surface area contributed by atoms with Crippen LogP contribution in [0.25, 0.3) is 0 Å². The molecule has 5 N–H and O–H groups in total. The van der Waals surface area contributed by atoms with E-state index in [1.165, 1.54) is 0 Å². The molecule has 1 rings (SSSR count). The van der Waals surface area contributed by atoms with Crippen LogP contribution in [-0.2, 0) is 9.59 Å². The van der Waals surface area contributed by atoms with Crippen LogP contribution in [0.4, 0.5) is 0 Å². The molecule has 0 spiro atoms. The van der Waals surface area contributed by atoms with Gasteiger partial charge in [0.15, 0.2) is 0 Å². The molecule has 0 heterocycles. The van der Waals surface area contributed by atoms with Gasteiger partial charge in [0.25, 0.3) is 0 Å². The maximum atomic E-state index is 12.0. The first-order valence-electron chi connectivity index (χ1n) is 6.76. The summed E-state index contributed by atoms with van der Waals surface area (Å²) < 4.78 is 0. The fourth-order valence-electron chi connectivity index (χ4n) is 2.56. The molecule has 0 aromatic carbocycles. The number of carbonyl (C=O) groups is 2. The Morgan fingerprint density at radius 2 is 2.06 bits per heavy atom. The number of nitrogens with two attached hydrogens (primary N) is 2. The van der Waals surface area contributed by atoms with Crippen molar-refractivity contribution in [1.82, 2.24) is 5.32 Å². The predicted molar refractivity (Wildman–Crippen MR) is 70.6 cm³/mol. The largest absolute Gasteiger partial charge is 0.369 e. The van der Waals surface area contributed by atoms with Crippen molar-refractivity contribution in [3.63, 3.8) is 0 Å². The topological polar surface area (TPSA) is 98.2 Å². The van der Waals surface area contributed by atoms with Gasteiger partial charge in [-0.1, -0.05) is 19.8 Å². The number of hydrogen-bond acceptors (Lipinski definition) is 3. The molecule has 104 valence electrons. The Morgan fingerprint density at radius 1 is 1.39 bits per heavy atom. The van der Waals surface area contributed by atoms with Gasteiger partial charge in [-0.05, 0) is 32.6 Å². The Labute approximate surface area is 109 Å². The van der Waals surface area contributed by atoms with Crippen molar-refractivity contribution in [3.05, 3.63) is 0 Å². The lowest BCUT2D eigenvalue weighted by Gasteiger charge is -2.31. The van der Waals surface area contributed by atoms with Crippen molar-refractivity contribution in [3.8, 4) is 0 Å². The number of hydrogen-bond donors (Lipinski definition) is 3. The highest BCUT2D eigenvalue weighted by Gasteiger charge is 2.32. The normalized spacial score (nSPS) is 27.3. The molecule has 1 fully saturated rings. The van der Waals surface area contributed by atoms with E-state index in [9.17, 15) is 9.59 Å². The molecule has 0 radical (unpaired) electrons. The van der Waals surface area contributed by atoms with E-state index in [4.69, 9.17) is 11.5 Å². The quantitative estimate of drug-likeness (QED) is 0.673. The highest BCUT2D eigenvalue weighted by molar-refractivity contribution is 5.86. The first-order chi connectivity index (χ1) is 8.36. The van der Waals surface area contributed by atoms with E-state index >= 15 is 0 Å². The van der Waals surface area contributed by atoms with Crippen molar-refractivity contribution < 1.29 is 9.59 Å². The van der Waals surface area contributed by atoms with E-state index in [2.05, 4.69) is 5.32 Å². The van der Waals surface area contributed by atoms with E-state index in [0.29, 0.717) is 12.8 Å². The summed E-state index contributed by atoms with van der Waals surface area (Å²) in [5.74, 6) is -0.503. The zero-order chi connectivity index (χ0) is 13.8. The average molecular weight is 255 g/mol. The van der Waals surface area contributed by atoms with Crippen LogP contribution in [-0.4, -0.2) is 23.4 Å². The van der Waals surface area contributed by atoms with Gasteiger partial charge >= 0.3 is 0 Å². The molecule has 5 heteroatoms. The summed E-state index contributed by atoms with van der Waals surface area (Å²) in [5, 5.41) is 2.96. The summed E-state index contributed by atoms with van der Waals surface area (Å²) in [5.41, 5.74) is 10.5. The Morgan fingerprint density at radius 3 is 2.61 bits per heavy atom. The molecule has 0 bridgehead atoms. The van der Waals surface area contributed by atoms with Gasteiger partial charge in [0.1, 0.15) is 0 Å². The third-order valence-corrected chi connectivity index (χ3v) is 3.70. The molecule has 0 aromatic rings. The minimum Gasteiger partial charge on any atom is -0.369 e. The van der Waals surface area contributed by atoms with Crippen LogP contribution < -0.4 is 16.8 Å². The highest BCUT2D eigenvalue weighted by Crippen LogP contribution is 2.24. The molecule has 5 nitrogen and oxygen atoms in total. The van der Waals surface area contributed by atoms with Gasteiger partial charge in [0.2, 0.25) is 11.8 Å². The minimum atomic E-state index is -0.825. The molecule has 0 saturated heterocycles. The van der Waals surface area contributed by atoms with Crippen LogP contribution in [0.5, 0.6) is 0 Å². The van der Waals surface area contributed by atoms with Crippen LogP contribution >= 0.6 is 0 Å². The van der Waals surface area contributed by atoms with E-state index in [-0.39, 0.29) is 23.8 Å². The predicted octanol–water partition coefficient (Wildman–Crippen LogP) is 0.664. The lowest BCUT2D eigenvalue weighted by Crippen LogP contribution is -2.55. The first-order valence-corrected chi connectivity index (χ1v) is 6.76. The second-order valence-corrected chi connectivity index (χ2v) is 5.60. The number of amides is 2. The fraction of sp³-hybridized carbons (Fsp3) is 0.846. The molecule has 1 aliphatic carbocycles. The molecule has 1 saturated carbocycles. The van der Waals surface area contributed by atoms with E-state index in [1.54, 1.807) is 6.92 Å². The van der Waals surface area contributed by atoms with Crippen LogP contribution in [0, 0.1) is 5.92 Å². The first kappa shape index (κ1) is 15.0. The molecule has 1 aliphatic rings. The monoisotopic (exact) mass is 255 g/mol. The smallest absolute Gasteiger partial charge is 0.240 e. The summed E-state index contributed by atoms with van der Waals surface area (Å²) in [4.78, 5) is 23.2. The Balaban J connectivity index is 2.51. The summed E-state index contributed by atoms with van der Waals surface area (Å²) in [6.45, 7) is 3.75. The van der Waals surface area contributed by atoms with E-state index in [1.807, 2.05) is 6.92 Å². The van der Waals surface area contributed by atoms with Gasteiger partial charge in [0.05, 0.1) is 5.54 Å². The maximum Gasteiger partial charge on any atom is 0.240 e. The molecule has 2 amide bonds. The standard InChI is InChI=1S/C13H25N3O2/c1-3-7-13(2,15)12(18)16-10-6-4-5-9(8-10)11(14)17/h9-10H,3-8,15H2,1-2H3,(H2,14,17)(H,16,18). The van der Waals surface area contributed by atoms with Crippen LogP contribution in [0.15, 0.2) is 0 Å². The van der Waals surface area contributed by atoms with Crippen molar-refractivity contribution >= 4 is 11.8 Å². The zero-order valence-corrected chi connectivity index (χ0v) is 11.4. The minimum absolute atomic E-state index is 0.0310. The number of primary amides is 1. The summed E-state index contributed by atoms with van der Waals surface area (Å²) in [6, 6.07) is 0.0310.